The average Bonchev–Trinajstić information content (AvgIpc) is 2.87. The molecule has 1 atom stereocenters. The normalized spacial score (nSPS) is 12.1. The van der Waals surface area contributed by atoms with Crippen LogP contribution in [0, 0.1) is 11.7 Å². The molecule has 8 nitrogen and oxygen atoms in total. The summed E-state index contributed by atoms with van der Waals surface area (Å²) in [4.78, 5) is 25.5. The predicted molar refractivity (Wildman–Crippen MR) is 138 cm³/mol. The van der Waals surface area contributed by atoms with Crippen LogP contribution >= 0.6 is 0 Å². The van der Waals surface area contributed by atoms with Gasteiger partial charge in [0.25, 0.3) is 5.91 Å². The van der Waals surface area contributed by atoms with Crippen molar-refractivity contribution >= 4 is 21.8 Å². The number of hydrogen-bond acceptors (Lipinski definition) is 5. The van der Waals surface area contributed by atoms with Crippen molar-refractivity contribution in [3.63, 3.8) is 0 Å². The van der Waals surface area contributed by atoms with Crippen LogP contribution in [0.3, 0.4) is 0 Å². The molecule has 3 rings (SSSR count). The van der Waals surface area contributed by atoms with Crippen molar-refractivity contribution in [1.82, 2.24) is 15.4 Å². The van der Waals surface area contributed by atoms with Gasteiger partial charge in [-0.2, -0.15) is 0 Å². The van der Waals surface area contributed by atoms with Crippen molar-refractivity contribution in [2.24, 2.45) is 5.92 Å². The zero-order valence-corrected chi connectivity index (χ0v) is 21.4. The van der Waals surface area contributed by atoms with Gasteiger partial charge in [-0.1, -0.05) is 32.0 Å². The minimum absolute atomic E-state index is 0.159. The highest BCUT2D eigenvalue weighted by atomic mass is 32.2. The number of carbonyl (C=O) groups is 2. The average molecular weight is 528 g/mol. The van der Waals surface area contributed by atoms with Crippen LogP contribution in [-0.4, -0.2) is 39.4 Å². The van der Waals surface area contributed by atoms with Crippen molar-refractivity contribution in [3.8, 4) is 11.5 Å². The van der Waals surface area contributed by atoms with Crippen molar-refractivity contribution in [3.05, 3.63) is 90.2 Å². The number of hydrogen-bond donors (Lipinski definition) is 3. The van der Waals surface area contributed by atoms with Gasteiger partial charge in [-0.25, -0.2) is 17.5 Å². The zero-order valence-electron chi connectivity index (χ0n) is 20.6. The Hall–Kier alpha value is -3.76. The number of nitrogens with one attached hydrogen (secondary N) is 3. The van der Waals surface area contributed by atoms with Crippen molar-refractivity contribution in [2.45, 2.75) is 31.2 Å². The molecule has 0 radical (unpaired) electrons. The fraction of sp³-hybridized carbons (Fsp3) is 0.259. The van der Waals surface area contributed by atoms with Gasteiger partial charge < -0.3 is 15.4 Å². The third kappa shape index (κ3) is 8.69. The standard InChI is InChI=1S/C27H30FN3O5S/c1-19(2)16-17-29-27(33)25(18-30-37(34,35)24-14-10-21(28)11-15-24)31-26(32)20-8-12-23(13-9-20)36-22-6-4-3-5-7-22/h3-15,19,25,30H,16-18H2,1-2H3,(H,29,33)(H,31,32)/t25-/m0/s1. The van der Waals surface area contributed by atoms with E-state index in [0.29, 0.717) is 24.0 Å². The molecule has 0 unspecified atom stereocenters. The summed E-state index contributed by atoms with van der Waals surface area (Å²) in [6.45, 7) is 3.99. The molecule has 3 N–H and O–H groups in total. The Morgan fingerprint density at radius 3 is 2.14 bits per heavy atom. The Morgan fingerprint density at radius 2 is 1.51 bits per heavy atom. The fourth-order valence-corrected chi connectivity index (χ4v) is 4.29. The molecule has 2 amide bonds. The quantitative estimate of drug-likeness (QED) is 0.331. The third-order valence-corrected chi connectivity index (χ3v) is 6.78. The third-order valence-electron chi connectivity index (χ3n) is 5.34. The molecule has 10 heteroatoms. The maximum absolute atomic E-state index is 13.2. The van der Waals surface area contributed by atoms with E-state index in [2.05, 4.69) is 15.4 Å². The molecular formula is C27H30FN3O5S. The lowest BCUT2D eigenvalue weighted by molar-refractivity contribution is -0.122. The molecule has 0 saturated heterocycles. The first-order valence-corrected chi connectivity index (χ1v) is 13.3. The van der Waals surface area contributed by atoms with Gasteiger partial charge >= 0.3 is 0 Å². The van der Waals surface area contributed by atoms with Gasteiger partial charge in [0, 0.05) is 18.7 Å². The number of carbonyl (C=O) groups excluding carboxylic acids is 2. The van der Waals surface area contributed by atoms with Crippen molar-refractivity contribution in [1.29, 1.82) is 0 Å². The lowest BCUT2D eigenvalue weighted by Gasteiger charge is -2.20. The molecule has 3 aromatic carbocycles. The molecule has 3 aromatic rings. The first kappa shape index (κ1) is 27.8. The van der Waals surface area contributed by atoms with E-state index in [1.54, 1.807) is 36.4 Å². The second-order valence-electron chi connectivity index (χ2n) is 8.74. The molecule has 0 fully saturated rings. The summed E-state index contributed by atoms with van der Waals surface area (Å²) in [5, 5.41) is 5.33. The summed E-state index contributed by atoms with van der Waals surface area (Å²) < 4.78 is 46.5. The second kappa shape index (κ2) is 13.0. The van der Waals surface area contributed by atoms with Crippen LogP contribution in [-0.2, 0) is 14.8 Å². The summed E-state index contributed by atoms with van der Waals surface area (Å²) in [5.41, 5.74) is 0.266. The van der Waals surface area contributed by atoms with E-state index in [0.717, 1.165) is 30.7 Å². The van der Waals surface area contributed by atoms with E-state index >= 15 is 0 Å². The van der Waals surface area contributed by atoms with Crippen LogP contribution in [0.1, 0.15) is 30.6 Å². The van der Waals surface area contributed by atoms with E-state index in [1.807, 2.05) is 32.0 Å². The van der Waals surface area contributed by atoms with Gasteiger partial charge in [-0.15, -0.1) is 0 Å². The highest BCUT2D eigenvalue weighted by Gasteiger charge is 2.24. The topological polar surface area (TPSA) is 114 Å². The molecule has 0 aliphatic rings. The Labute approximate surface area is 216 Å². The fourth-order valence-electron chi connectivity index (χ4n) is 3.25. The van der Waals surface area contributed by atoms with Gasteiger partial charge in [0.2, 0.25) is 15.9 Å². The molecular weight excluding hydrogens is 497 g/mol. The zero-order chi connectivity index (χ0) is 26.8. The van der Waals surface area contributed by atoms with Gasteiger partial charge in [0.05, 0.1) is 4.90 Å². The summed E-state index contributed by atoms with van der Waals surface area (Å²) in [6.07, 6.45) is 0.719. The largest absolute Gasteiger partial charge is 0.457 e. The van der Waals surface area contributed by atoms with Crippen LogP contribution < -0.4 is 20.1 Å². The van der Waals surface area contributed by atoms with E-state index in [1.165, 1.54) is 0 Å². The highest BCUT2D eigenvalue weighted by molar-refractivity contribution is 7.89. The van der Waals surface area contributed by atoms with Gasteiger partial charge in [0.1, 0.15) is 23.4 Å². The SMILES string of the molecule is CC(C)CCNC(=O)[C@H](CNS(=O)(=O)c1ccc(F)cc1)NC(=O)c1ccc(Oc2ccccc2)cc1. The Morgan fingerprint density at radius 1 is 0.892 bits per heavy atom. The lowest BCUT2D eigenvalue weighted by atomic mass is 10.1. The molecule has 0 saturated carbocycles. The van der Waals surface area contributed by atoms with E-state index in [4.69, 9.17) is 4.74 Å². The minimum atomic E-state index is -4.04. The first-order chi connectivity index (χ1) is 17.6. The number of para-hydroxylation sites is 1. The summed E-state index contributed by atoms with van der Waals surface area (Å²) >= 11 is 0. The van der Waals surface area contributed by atoms with Crippen LogP contribution in [0.2, 0.25) is 0 Å². The van der Waals surface area contributed by atoms with Gasteiger partial charge in [-0.05, 0) is 73.0 Å². The number of amides is 2. The molecule has 196 valence electrons. The van der Waals surface area contributed by atoms with Gasteiger partial charge in [0.15, 0.2) is 0 Å². The van der Waals surface area contributed by atoms with Gasteiger partial charge in [-0.3, -0.25) is 9.59 Å². The lowest BCUT2D eigenvalue weighted by Crippen LogP contribution is -2.52. The Kier molecular flexibility index (Phi) is 9.76. The molecule has 0 bridgehead atoms. The number of ether oxygens (including phenoxy) is 1. The van der Waals surface area contributed by atoms with Crippen molar-refractivity contribution < 1.29 is 27.1 Å². The summed E-state index contributed by atoms with van der Waals surface area (Å²) in [6, 6.07) is 18.6. The Balaban J connectivity index is 1.69. The number of rotatable bonds is 12. The van der Waals surface area contributed by atoms with Crippen LogP contribution in [0.15, 0.2) is 83.8 Å². The predicted octanol–water partition coefficient (Wildman–Crippen LogP) is 3.86. The summed E-state index contributed by atoms with van der Waals surface area (Å²) in [7, 11) is -4.04. The number of halogens is 1. The van der Waals surface area contributed by atoms with Crippen LogP contribution in [0.25, 0.3) is 0 Å². The van der Waals surface area contributed by atoms with E-state index in [9.17, 15) is 22.4 Å². The molecule has 0 aliphatic carbocycles. The Bertz CT molecular complexity index is 1280. The molecule has 0 heterocycles. The monoisotopic (exact) mass is 527 g/mol. The molecule has 0 aromatic heterocycles. The second-order valence-corrected chi connectivity index (χ2v) is 10.5. The molecule has 0 spiro atoms. The van der Waals surface area contributed by atoms with Crippen molar-refractivity contribution in [2.75, 3.05) is 13.1 Å². The highest BCUT2D eigenvalue weighted by Crippen LogP contribution is 2.21. The van der Waals surface area contributed by atoms with Crippen LogP contribution in [0.4, 0.5) is 4.39 Å². The number of sulfonamides is 1. The molecule has 37 heavy (non-hydrogen) atoms. The number of benzene rings is 3. The molecule has 0 aliphatic heterocycles. The summed E-state index contributed by atoms with van der Waals surface area (Å²) in [5.74, 6) is -0.143. The smallest absolute Gasteiger partial charge is 0.251 e. The van der Waals surface area contributed by atoms with E-state index in [-0.39, 0.29) is 10.5 Å². The maximum Gasteiger partial charge on any atom is 0.251 e. The van der Waals surface area contributed by atoms with E-state index < -0.39 is 40.2 Å². The van der Waals surface area contributed by atoms with Crippen LogP contribution in [0.5, 0.6) is 11.5 Å². The first-order valence-electron chi connectivity index (χ1n) is 11.8. The maximum atomic E-state index is 13.2. The minimum Gasteiger partial charge on any atom is -0.457 e.